The van der Waals surface area contributed by atoms with E-state index in [2.05, 4.69) is 15.3 Å². The van der Waals surface area contributed by atoms with Crippen LogP contribution in [0.5, 0.6) is 11.5 Å². The Morgan fingerprint density at radius 1 is 0.966 bits per heavy atom. The van der Waals surface area contributed by atoms with Crippen LogP contribution in [0, 0.1) is 0 Å². The Morgan fingerprint density at radius 3 is 2.66 bits per heavy atom. The van der Waals surface area contributed by atoms with E-state index in [1.165, 1.54) is 5.56 Å². The van der Waals surface area contributed by atoms with Crippen molar-refractivity contribution in [3.8, 4) is 11.5 Å². The van der Waals surface area contributed by atoms with Crippen LogP contribution in [0.25, 0.3) is 11.0 Å². The number of aromatic nitrogens is 2. The van der Waals surface area contributed by atoms with E-state index in [0.29, 0.717) is 17.1 Å². The Kier molecular flexibility index (Phi) is 4.37. The molecule has 0 saturated carbocycles. The minimum absolute atomic E-state index is 0.182. The zero-order chi connectivity index (χ0) is 19.6. The Hall–Kier alpha value is -3.80. The number of rotatable bonds is 5. The van der Waals surface area contributed by atoms with E-state index in [1.807, 2.05) is 48.5 Å². The topological polar surface area (TPSA) is 76.2 Å². The third-order valence-corrected chi connectivity index (χ3v) is 4.94. The van der Waals surface area contributed by atoms with Gasteiger partial charge in [-0.05, 0) is 54.4 Å². The van der Waals surface area contributed by atoms with Crippen LogP contribution < -0.4 is 14.8 Å². The Bertz CT molecular complexity index is 1150. The summed E-state index contributed by atoms with van der Waals surface area (Å²) in [5.41, 5.74) is 4.52. The standard InChI is InChI=1S/C23H19N3O3/c27-23(16-8-11-20-21(13-16)29-14-28-20)24-17-9-5-15(6-10-17)7-12-22-25-18-3-1-2-4-19(18)26-22/h1-6,8-11,13H,7,12,14H2,(H,24,27)(H,25,26). The van der Waals surface area contributed by atoms with Gasteiger partial charge in [0.15, 0.2) is 11.5 Å². The molecule has 0 saturated heterocycles. The molecule has 0 spiro atoms. The quantitative estimate of drug-likeness (QED) is 0.536. The number of hydrogen-bond acceptors (Lipinski definition) is 4. The van der Waals surface area contributed by atoms with Crippen molar-refractivity contribution >= 4 is 22.6 Å². The third-order valence-electron chi connectivity index (χ3n) is 4.94. The molecule has 144 valence electrons. The first kappa shape index (κ1) is 17.3. The molecule has 5 rings (SSSR count). The van der Waals surface area contributed by atoms with Gasteiger partial charge < -0.3 is 19.8 Å². The van der Waals surface area contributed by atoms with Gasteiger partial charge >= 0.3 is 0 Å². The highest BCUT2D eigenvalue weighted by atomic mass is 16.7. The summed E-state index contributed by atoms with van der Waals surface area (Å²) in [7, 11) is 0. The number of hydrogen-bond donors (Lipinski definition) is 2. The largest absolute Gasteiger partial charge is 0.454 e. The monoisotopic (exact) mass is 385 g/mol. The average molecular weight is 385 g/mol. The summed E-state index contributed by atoms with van der Waals surface area (Å²) in [5.74, 6) is 2.05. The molecule has 6 heteroatoms. The highest BCUT2D eigenvalue weighted by Crippen LogP contribution is 2.32. The number of para-hydroxylation sites is 2. The number of aromatic amines is 1. The molecule has 1 aliphatic heterocycles. The molecule has 3 aromatic carbocycles. The first-order valence-corrected chi connectivity index (χ1v) is 9.48. The molecule has 1 aromatic heterocycles. The molecule has 0 bridgehead atoms. The van der Waals surface area contributed by atoms with Gasteiger partial charge in [0.2, 0.25) is 6.79 Å². The van der Waals surface area contributed by atoms with Crippen LogP contribution in [0.1, 0.15) is 21.7 Å². The van der Waals surface area contributed by atoms with Crippen molar-refractivity contribution in [2.24, 2.45) is 0 Å². The van der Waals surface area contributed by atoms with Crippen molar-refractivity contribution in [2.75, 3.05) is 12.1 Å². The molecule has 0 radical (unpaired) electrons. The van der Waals surface area contributed by atoms with Gasteiger partial charge in [-0.2, -0.15) is 0 Å². The van der Waals surface area contributed by atoms with Crippen LogP contribution >= 0.6 is 0 Å². The normalized spacial score (nSPS) is 12.3. The minimum Gasteiger partial charge on any atom is -0.454 e. The van der Waals surface area contributed by atoms with Gasteiger partial charge in [-0.25, -0.2) is 4.98 Å². The molecule has 4 aromatic rings. The van der Waals surface area contributed by atoms with Crippen LogP contribution in [0.3, 0.4) is 0 Å². The van der Waals surface area contributed by atoms with Crippen molar-refractivity contribution in [1.82, 2.24) is 9.97 Å². The van der Waals surface area contributed by atoms with Crippen molar-refractivity contribution < 1.29 is 14.3 Å². The maximum atomic E-state index is 12.5. The fourth-order valence-corrected chi connectivity index (χ4v) is 3.38. The van der Waals surface area contributed by atoms with Gasteiger partial charge in [0.25, 0.3) is 5.91 Å². The van der Waals surface area contributed by atoms with E-state index in [1.54, 1.807) is 18.2 Å². The fraction of sp³-hybridized carbons (Fsp3) is 0.130. The van der Waals surface area contributed by atoms with E-state index in [0.717, 1.165) is 35.4 Å². The van der Waals surface area contributed by atoms with E-state index >= 15 is 0 Å². The van der Waals surface area contributed by atoms with Crippen LogP contribution in [0.15, 0.2) is 66.7 Å². The van der Waals surface area contributed by atoms with Crippen molar-refractivity contribution in [3.63, 3.8) is 0 Å². The number of nitrogens with one attached hydrogen (secondary N) is 2. The molecule has 0 fully saturated rings. The molecular formula is C23H19N3O3. The van der Waals surface area contributed by atoms with Gasteiger partial charge in [0.05, 0.1) is 11.0 Å². The number of imidazole rings is 1. The molecule has 0 atom stereocenters. The maximum Gasteiger partial charge on any atom is 0.255 e. The van der Waals surface area contributed by atoms with E-state index in [4.69, 9.17) is 9.47 Å². The molecule has 0 unspecified atom stereocenters. The summed E-state index contributed by atoms with van der Waals surface area (Å²) in [6.45, 7) is 0.190. The number of H-pyrrole nitrogens is 1. The first-order chi connectivity index (χ1) is 14.2. The number of benzene rings is 3. The van der Waals surface area contributed by atoms with E-state index < -0.39 is 0 Å². The lowest BCUT2D eigenvalue weighted by Crippen LogP contribution is -2.11. The van der Waals surface area contributed by atoms with Crippen LogP contribution in [-0.2, 0) is 12.8 Å². The third kappa shape index (κ3) is 3.65. The SMILES string of the molecule is O=C(Nc1ccc(CCc2nc3ccccc3[nH]2)cc1)c1ccc2c(c1)OCO2. The number of aryl methyl sites for hydroxylation is 2. The van der Waals surface area contributed by atoms with Gasteiger partial charge in [-0.3, -0.25) is 4.79 Å². The Morgan fingerprint density at radius 2 is 1.79 bits per heavy atom. The summed E-state index contributed by atoms with van der Waals surface area (Å²) in [6, 6.07) is 21.1. The second-order valence-electron chi connectivity index (χ2n) is 6.92. The maximum absolute atomic E-state index is 12.5. The lowest BCUT2D eigenvalue weighted by Gasteiger charge is -2.07. The van der Waals surface area contributed by atoms with Gasteiger partial charge in [-0.15, -0.1) is 0 Å². The zero-order valence-corrected chi connectivity index (χ0v) is 15.6. The van der Waals surface area contributed by atoms with Gasteiger partial charge in [0.1, 0.15) is 5.82 Å². The summed E-state index contributed by atoms with van der Waals surface area (Å²) in [5, 5.41) is 2.91. The Labute approximate surface area is 167 Å². The zero-order valence-electron chi connectivity index (χ0n) is 15.6. The van der Waals surface area contributed by atoms with E-state index in [9.17, 15) is 4.79 Å². The number of amides is 1. The molecule has 0 aliphatic carbocycles. The number of carbonyl (C=O) groups is 1. The molecule has 29 heavy (non-hydrogen) atoms. The van der Waals surface area contributed by atoms with Gasteiger partial charge in [0, 0.05) is 17.7 Å². The van der Waals surface area contributed by atoms with Crippen LogP contribution in [-0.4, -0.2) is 22.7 Å². The minimum atomic E-state index is -0.182. The molecule has 6 nitrogen and oxygen atoms in total. The van der Waals surface area contributed by atoms with E-state index in [-0.39, 0.29) is 12.7 Å². The molecule has 2 N–H and O–H groups in total. The van der Waals surface area contributed by atoms with Crippen LogP contribution in [0.2, 0.25) is 0 Å². The molecule has 2 heterocycles. The number of fused-ring (bicyclic) bond motifs is 2. The summed E-state index contributed by atoms with van der Waals surface area (Å²) >= 11 is 0. The summed E-state index contributed by atoms with van der Waals surface area (Å²) in [6.07, 6.45) is 1.70. The first-order valence-electron chi connectivity index (χ1n) is 9.48. The fourth-order valence-electron chi connectivity index (χ4n) is 3.38. The second kappa shape index (κ2) is 7.31. The number of anilines is 1. The molecule has 1 aliphatic rings. The highest BCUT2D eigenvalue weighted by Gasteiger charge is 2.16. The summed E-state index contributed by atoms with van der Waals surface area (Å²) in [4.78, 5) is 20.4. The number of carbonyl (C=O) groups excluding carboxylic acids is 1. The van der Waals surface area contributed by atoms with Crippen molar-refractivity contribution in [2.45, 2.75) is 12.8 Å². The Balaban J connectivity index is 1.21. The van der Waals surface area contributed by atoms with Gasteiger partial charge in [-0.1, -0.05) is 24.3 Å². The predicted octanol–water partition coefficient (Wildman–Crippen LogP) is 4.33. The highest BCUT2D eigenvalue weighted by molar-refractivity contribution is 6.04. The number of nitrogens with zero attached hydrogens (tertiary/aromatic N) is 1. The second-order valence-corrected chi connectivity index (χ2v) is 6.92. The number of ether oxygens (including phenoxy) is 2. The molecule has 1 amide bonds. The lowest BCUT2D eigenvalue weighted by molar-refractivity contribution is 0.102. The lowest BCUT2D eigenvalue weighted by atomic mass is 10.1. The smallest absolute Gasteiger partial charge is 0.255 e. The van der Waals surface area contributed by atoms with Crippen molar-refractivity contribution in [1.29, 1.82) is 0 Å². The summed E-state index contributed by atoms with van der Waals surface area (Å²) < 4.78 is 10.6. The van der Waals surface area contributed by atoms with Crippen molar-refractivity contribution in [3.05, 3.63) is 83.7 Å². The molecular weight excluding hydrogens is 366 g/mol. The average Bonchev–Trinajstić information content (AvgIpc) is 3.39. The van der Waals surface area contributed by atoms with Crippen LogP contribution in [0.4, 0.5) is 5.69 Å². The predicted molar refractivity (Wildman–Crippen MR) is 110 cm³/mol.